The summed E-state index contributed by atoms with van der Waals surface area (Å²) in [6, 6.07) is 4.30. The number of carbonyl (C=O) groups is 2. The predicted molar refractivity (Wildman–Crippen MR) is 96.1 cm³/mol. The molecule has 2 aromatic rings. The fourth-order valence-corrected chi connectivity index (χ4v) is 3.57. The van der Waals surface area contributed by atoms with Crippen LogP contribution in [0.15, 0.2) is 17.5 Å². The van der Waals surface area contributed by atoms with Gasteiger partial charge in [-0.3, -0.25) is 9.59 Å². The summed E-state index contributed by atoms with van der Waals surface area (Å²) in [6.07, 6.45) is 0.995. The monoisotopic (exact) mass is 343 g/mol. The number of nitrogens with one attached hydrogen (secondary N) is 2. The van der Waals surface area contributed by atoms with Crippen molar-refractivity contribution in [3.8, 4) is 11.3 Å². The van der Waals surface area contributed by atoms with Gasteiger partial charge in [-0.15, -0.1) is 11.3 Å². The molecule has 2 N–H and O–H groups in total. The van der Waals surface area contributed by atoms with Gasteiger partial charge in [0.05, 0.1) is 11.6 Å². The van der Waals surface area contributed by atoms with Gasteiger partial charge < -0.3 is 10.6 Å². The number of anilines is 1. The van der Waals surface area contributed by atoms with Crippen LogP contribution >= 0.6 is 11.3 Å². The second-order valence-corrected chi connectivity index (χ2v) is 7.18. The highest BCUT2D eigenvalue weighted by molar-refractivity contribution is 7.14. The molecule has 1 saturated heterocycles. The zero-order valence-corrected chi connectivity index (χ0v) is 14.9. The summed E-state index contributed by atoms with van der Waals surface area (Å²) in [5.41, 5.74) is 5.65. The highest BCUT2D eigenvalue weighted by Gasteiger charge is 2.25. The van der Waals surface area contributed by atoms with Crippen molar-refractivity contribution in [2.75, 3.05) is 11.9 Å². The maximum atomic E-state index is 12.3. The Balaban J connectivity index is 1.73. The second-order valence-electron chi connectivity index (χ2n) is 6.32. The van der Waals surface area contributed by atoms with E-state index in [4.69, 9.17) is 0 Å². The standard InChI is InChI=1S/C18H21N3O2S/c1-10-6-12(3)14(7-11(10)2)15-9-24-18(20-15)21-17(23)13-4-5-16(22)19-8-13/h6-7,9,13H,4-5,8H2,1-3H3,(H,19,22)(H,20,21,23)/t13-/m0/s1. The van der Waals surface area contributed by atoms with Crippen molar-refractivity contribution in [1.29, 1.82) is 0 Å². The fraction of sp³-hybridized carbons (Fsp3) is 0.389. The summed E-state index contributed by atoms with van der Waals surface area (Å²) in [7, 11) is 0. The molecule has 24 heavy (non-hydrogen) atoms. The lowest BCUT2D eigenvalue weighted by molar-refractivity contribution is -0.126. The summed E-state index contributed by atoms with van der Waals surface area (Å²) in [4.78, 5) is 28.0. The van der Waals surface area contributed by atoms with Crippen LogP contribution in [0.4, 0.5) is 5.13 Å². The minimum absolute atomic E-state index is 0.0146. The zero-order valence-electron chi connectivity index (χ0n) is 14.1. The Kier molecular flexibility index (Phi) is 4.66. The van der Waals surface area contributed by atoms with Crippen molar-refractivity contribution in [1.82, 2.24) is 10.3 Å². The molecule has 3 rings (SSSR count). The lowest BCUT2D eigenvalue weighted by Gasteiger charge is -2.20. The molecule has 0 saturated carbocycles. The highest BCUT2D eigenvalue weighted by Crippen LogP contribution is 2.29. The maximum absolute atomic E-state index is 12.3. The SMILES string of the molecule is Cc1cc(C)c(-c2csc(NC(=O)[C@H]3CCC(=O)NC3)n2)cc1C. The Morgan fingerprint density at radius 2 is 2.00 bits per heavy atom. The number of aryl methyl sites for hydroxylation is 3. The number of hydrogen-bond donors (Lipinski definition) is 2. The smallest absolute Gasteiger partial charge is 0.231 e. The summed E-state index contributed by atoms with van der Waals surface area (Å²) >= 11 is 1.43. The summed E-state index contributed by atoms with van der Waals surface area (Å²) in [5.74, 6) is -0.244. The number of nitrogens with zero attached hydrogens (tertiary/aromatic N) is 1. The van der Waals surface area contributed by atoms with Crippen molar-refractivity contribution >= 4 is 28.3 Å². The summed E-state index contributed by atoms with van der Waals surface area (Å²) in [6.45, 7) is 6.66. The Morgan fingerprint density at radius 3 is 2.71 bits per heavy atom. The van der Waals surface area contributed by atoms with Gasteiger partial charge in [-0.2, -0.15) is 0 Å². The summed E-state index contributed by atoms with van der Waals surface area (Å²) < 4.78 is 0. The molecule has 0 bridgehead atoms. The van der Waals surface area contributed by atoms with Crippen LogP contribution in [0, 0.1) is 26.7 Å². The number of amides is 2. The molecule has 1 aliphatic rings. The van der Waals surface area contributed by atoms with Gasteiger partial charge in [0, 0.05) is 23.9 Å². The number of piperidine rings is 1. The number of benzene rings is 1. The molecular formula is C18H21N3O2S. The molecule has 1 aromatic carbocycles. The molecule has 1 aliphatic heterocycles. The van der Waals surface area contributed by atoms with E-state index in [1.807, 2.05) is 5.38 Å². The molecule has 2 amide bonds. The molecule has 1 aromatic heterocycles. The quantitative estimate of drug-likeness (QED) is 0.899. The van der Waals surface area contributed by atoms with Gasteiger partial charge in [0.15, 0.2) is 5.13 Å². The molecule has 126 valence electrons. The Morgan fingerprint density at radius 1 is 1.25 bits per heavy atom. The van der Waals surface area contributed by atoms with E-state index in [2.05, 4.69) is 48.5 Å². The summed E-state index contributed by atoms with van der Waals surface area (Å²) in [5, 5.41) is 8.18. The van der Waals surface area contributed by atoms with E-state index < -0.39 is 0 Å². The third kappa shape index (κ3) is 3.48. The van der Waals surface area contributed by atoms with Crippen LogP contribution in [-0.4, -0.2) is 23.3 Å². The van der Waals surface area contributed by atoms with E-state index in [0.29, 0.717) is 24.5 Å². The van der Waals surface area contributed by atoms with Gasteiger partial charge >= 0.3 is 0 Å². The minimum atomic E-state index is -0.182. The van der Waals surface area contributed by atoms with Crippen molar-refractivity contribution in [2.45, 2.75) is 33.6 Å². The average Bonchev–Trinajstić information content (AvgIpc) is 2.99. The average molecular weight is 343 g/mol. The first-order valence-electron chi connectivity index (χ1n) is 8.05. The number of aromatic nitrogens is 1. The third-order valence-corrected chi connectivity index (χ3v) is 5.24. The molecular weight excluding hydrogens is 322 g/mol. The normalized spacial score (nSPS) is 17.5. The molecule has 5 nitrogen and oxygen atoms in total. The van der Waals surface area contributed by atoms with Crippen molar-refractivity contribution in [2.24, 2.45) is 5.92 Å². The minimum Gasteiger partial charge on any atom is -0.355 e. The predicted octanol–water partition coefficient (Wildman–Crippen LogP) is 3.20. The first-order chi connectivity index (χ1) is 11.4. The molecule has 6 heteroatoms. The van der Waals surface area contributed by atoms with Gasteiger partial charge in [0.25, 0.3) is 0 Å². The van der Waals surface area contributed by atoms with E-state index in [1.165, 1.54) is 28.0 Å². The van der Waals surface area contributed by atoms with Gasteiger partial charge in [0.2, 0.25) is 11.8 Å². The van der Waals surface area contributed by atoms with Crippen LogP contribution in [0.2, 0.25) is 0 Å². The van der Waals surface area contributed by atoms with E-state index in [0.717, 1.165) is 11.3 Å². The van der Waals surface area contributed by atoms with Crippen molar-refractivity contribution in [3.05, 3.63) is 34.2 Å². The van der Waals surface area contributed by atoms with E-state index in [-0.39, 0.29) is 17.7 Å². The molecule has 0 unspecified atom stereocenters. The van der Waals surface area contributed by atoms with Gasteiger partial charge in [0.1, 0.15) is 0 Å². The van der Waals surface area contributed by atoms with Crippen molar-refractivity contribution in [3.63, 3.8) is 0 Å². The highest BCUT2D eigenvalue weighted by atomic mass is 32.1. The van der Waals surface area contributed by atoms with Crippen LogP contribution in [0.3, 0.4) is 0 Å². The number of carbonyl (C=O) groups excluding carboxylic acids is 2. The van der Waals surface area contributed by atoms with Crippen LogP contribution in [0.25, 0.3) is 11.3 Å². The van der Waals surface area contributed by atoms with Gasteiger partial charge in [-0.05, 0) is 49.9 Å². The van der Waals surface area contributed by atoms with Crippen LogP contribution in [0.1, 0.15) is 29.5 Å². The molecule has 0 radical (unpaired) electrons. The molecule has 0 spiro atoms. The fourth-order valence-electron chi connectivity index (χ4n) is 2.86. The van der Waals surface area contributed by atoms with Gasteiger partial charge in [-0.25, -0.2) is 4.98 Å². The zero-order chi connectivity index (χ0) is 17.3. The topological polar surface area (TPSA) is 71.1 Å². The lowest BCUT2D eigenvalue weighted by Crippen LogP contribution is -2.40. The van der Waals surface area contributed by atoms with Gasteiger partial charge in [-0.1, -0.05) is 6.07 Å². The van der Waals surface area contributed by atoms with E-state index in [9.17, 15) is 9.59 Å². The van der Waals surface area contributed by atoms with Crippen molar-refractivity contribution < 1.29 is 9.59 Å². The lowest BCUT2D eigenvalue weighted by atomic mass is 9.98. The van der Waals surface area contributed by atoms with E-state index >= 15 is 0 Å². The molecule has 0 aliphatic carbocycles. The van der Waals surface area contributed by atoms with Crippen LogP contribution in [0.5, 0.6) is 0 Å². The Hall–Kier alpha value is -2.21. The molecule has 2 heterocycles. The van der Waals surface area contributed by atoms with E-state index in [1.54, 1.807) is 0 Å². The first kappa shape index (κ1) is 16.6. The Bertz CT molecular complexity index is 788. The molecule has 1 fully saturated rings. The molecule has 1 atom stereocenters. The van der Waals surface area contributed by atoms with Crippen LogP contribution < -0.4 is 10.6 Å². The van der Waals surface area contributed by atoms with Crippen LogP contribution in [-0.2, 0) is 9.59 Å². The Labute approximate surface area is 145 Å². The second kappa shape index (κ2) is 6.73. The number of thiazole rings is 1. The number of rotatable bonds is 3. The number of hydrogen-bond acceptors (Lipinski definition) is 4. The maximum Gasteiger partial charge on any atom is 0.231 e. The third-order valence-electron chi connectivity index (χ3n) is 4.49. The first-order valence-corrected chi connectivity index (χ1v) is 8.93. The largest absolute Gasteiger partial charge is 0.355 e.